The first-order valence-corrected chi connectivity index (χ1v) is 4.02. The number of aromatic nitrogens is 5. The summed E-state index contributed by atoms with van der Waals surface area (Å²) in [4.78, 5) is 3.87. The monoisotopic (exact) mass is 199 g/mol. The zero-order valence-electron chi connectivity index (χ0n) is 6.59. The molecule has 0 saturated heterocycles. The summed E-state index contributed by atoms with van der Waals surface area (Å²) < 4.78 is 6.29. The Hall–Kier alpha value is -1.43. The Balaban J connectivity index is 1.97. The molecule has 7 heteroatoms. The summed E-state index contributed by atoms with van der Waals surface area (Å²) in [6.07, 6.45) is 3.50. The largest absolute Gasteiger partial charge is 0.343 e. The molecule has 0 amide bonds. The molecule has 0 saturated carbocycles. The van der Waals surface area contributed by atoms with E-state index in [0.29, 0.717) is 24.1 Å². The molecule has 2 aromatic heterocycles. The molecule has 6 nitrogen and oxygen atoms in total. The number of hydrogen-bond donors (Lipinski definition) is 0. The molecule has 0 aromatic carbocycles. The van der Waals surface area contributed by atoms with Crippen LogP contribution in [-0.4, -0.2) is 24.9 Å². The Morgan fingerprint density at radius 3 is 3.08 bits per heavy atom. The Labute approximate surface area is 78.5 Å². The van der Waals surface area contributed by atoms with Crippen molar-refractivity contribution < 1.29 is 4.52 Å². The van der Waals surface area contributed by atoms with Gasteiger partial charge >= 0.3 is 0 Å². The van der Waals surface area contributed by atoms with Gasteiger partial charge in [0.05, 0.1) is 0 Å². The van der Waals surface area contributed by atoms with Gasteiger partial charge in [0.25, 0.3) is 0 Å². The Bertz CT molecular complexity index is 370. The van der Waals surface area contributed by atoms with Gasteiger partial charge in [0, 0.05) is 13.0 Å². The zero-order valence-corrected chi connectivity index (χ0v) is 7.35. The van der Waals surface area contributed by atoms with Crippen LogP contribution in [0, 0.1) is 0 Å². The smallest absolute Gasteiger partial charge is 0.224 e. The van der Waals surface area contributed by atoms with E-state index < -0.39 is 0 Å². The molecular weight excluding hydrogens is 194 g/mol. The predicted molar refractivity (Wildman–Crippen MR) is 43.0 cm³/mol. The Morgan fingerprint density at radius 2 is 2.46 bits per heavy atom. The van der Waals surface area contributed by atoms with E-state index in [1.54, 1.807) is 10.9 Å². The lowest BCUT2D eigenvalue weighted by Crippen LogP contribution is -2.01. The second kappa shape index (κ2) is 3.53. The van der Waals surface area contributed by atoms with Crippen molar-refractivity contribution in [3.8, 4) is 0 Å². The van der Waals surface area contributed by atoms with Crippen molar-refractivity contribution in [3.05, 3.63) is 23.8 Å². The van der Waals surface area contributed by atoms with Gasteiger partial charge in [-0.25, -0.2) is 0 Å². The molecule has 0 atom stereocenters. The topological polar surface area (TPSA) is 69.6 Å². The standard InChI is InChI=1S/C6H6ClN5O/c7-6-10-9-3-12(6)2-1-5-8-4-13-11-5/h3-4H,1-2H2. The van der Waals surface area contributed by atoms with Crippen molar-refractivity contribution in [2.75, 3.05) is 0 Å². The van der Waals surface area contributed by atoms with E-state index in [4.69, 9.17) is 11.6 Å². The molecule has 0 bridgehead atoms. The Kier molecular flexibility index (Phi) is 2.22. The van der Waals surface area contributed by atoms with Crippen LogP contribution in [-0.2, 0) is 13.0 Å². The lowest BCUT2D eigenvalue weighted by atomic mass is 10.4. The minimum absolute atomic E-state index is 0.364. The first-order valence-electron chi connectivity index (χ1n) is 3.65. The highest BCUT2D eigenvalue weighted by Gasteiger charge is 2.02. The summed E-state index contributed by atoms with van der Waals surface area (Å²) in [7, 11) is 0. The van der Waals surface area contributed by atoms with Crippen LogP contribution in [0.3, 0.4) is 0 Å². The molecule has 68 valence electrons. The highest BCUT2D eigenvalue weighted by Crippen LogP contribution is 2.03. The molecule has 0 N–H and O–H groups in total. The summed E-state index contributed by atoms with van der Waals surface area (Å²) >= 11 is 5.71. The van der Waals surface area contributed by atoms with Crippen molar-refractivity contribution in [1.29, 1.82) is 0 Å². The van der Waals surface area contributed by atoms with Crippen molar-refractivity contribution in [2.24, 2.45) is 0 Å². The lowest BCUT2D eigenvalue weighted by Gasteiger charge is -1.97. The van der Waals surface area contributed by atoms with Gasteiger partial charge in [-0.05, 0) is 11.6 Å². The molecule has 0 aliphatic heterocycles. The first kappa shape index (κ1) is 8.18. The maximum Gasteiger partial charge on any atom is 0.224 e. The number of nitrogens with zero attached hydrogens (tertiary/aromatic N) is 5. The fourth-order valence-electron chi connectivity index (χ4n) is 0.914. The summed E-state index contributed by atoms with van der Waals surface area (Å²) in [5.41, 5.74) is 0. The second-order valence-corrected chi connectivity index (χ2v) is 2.73. The highest BCUT2D eigenvalue weighted by molar-refractivity contribution is 6.28. The van der Waals surface area contributed by atoms with Crippen LogP contribution >= 0.6 is 11.6 Å². The molecule has 0 spiro atoms. The minimum atomic E-state index is 0.364. The third kappa shape index (κ3) is 1.83. The van der Waals surface area contributed by atoms with Gasteiger partial charge in [-0.3, -0.25) is 0 Å². The van der Waals surface area contributed by atoms with Gasteiger partial charge in [0.1, 0.15) is 6.33 Å². The van der Waals surface area contributed by atoms with Crippen molar-refractivity contribution in [3.63, 3.8) is 0 Å². The number of aryl methyl sites for hydroxylation is 2. The van der Waals surface area contributed by atoms with E-state index in [9.17, 15) is 0 Å². The lowest BCUT2D eigenvalue weighted by molar-refractivity contribution is 0.408. The summed E-state index contributed by atoms with van der Waals surface area (Å²) in [6.45, 7) is 0.644. The molecule has 2 aromatic rings. The van der Waals surface area contributed by atoms with E-state index in [0.717, 1.165) is 0 Å². The third-order valence-electron chi connectivity index (χ3n) is 1.55. The van der Waals surface area contributed by atoms with E-state index in [2.05, 4.69) is 24.9 Å². The van der Waals surface area contributed by atoms with Crippen LogP contribution in [0.1, 0.15) is 5.82 Å². The number of hydrogen-bond acceptors (Lipinski definition) is 5. The molecule has 0 fully saturated rings. The summed E-state index contributed by atoms with van der Waals surface area (Å²) in [5, 5.41) is 11.3. The molecule has 0 unspecified atom stereocenters. The van der Waals surface area contributed by atoms with Crippen molar-refractivity contribution in [1.82, 2.24) is 24.9 Å². The molecule has 2 heterocycles. The van der Waals surface area contributed by atoms with Crippen LogP contribution < -0.4 is 0 Å². The van der Waals surface area contributed by atoms with E-state index >= 15 is 0 Å². The maximum atomic E-state index is 5.71. The van der Waals surface area contributed by atoms with Gasteiger partial charge in [-0.2, -0.15) is 4.98 Å². The van der Waals surface area contributed by atoms with E-state index in [1.807, 2.05) is 0 Å². The molecule has 13 heavy (non-hydrogen) atoms. The van der Waals surface area contributed by atoms with Crippen LogP contribution in [0.2, 0.25) is 5.28 Å². The van der Waals surface area contributed by atoms with Gasteiger partial charge < -0.3 is 9.09 Å². The molecule has 0 aliphatic rings. The molecule has 0 radical (unpaired) electrons. The quantitative estimate of drug-likeness (QED) is 0.722. The van der Waals surface area contributed by atoms with Gasteiger partial charge in [0.2, 0.25) is 11.7 Å². The van der Waals surface area contributed by atoms with Crippen LogP contribution in [0.15, 0.2) is 17.2 Å². The SMILES string of the molecule is Clc1nncn1CCc1ncon1. The van der Waals surface area contributed by atoms with Crippen molar-refractivity contribution >= 4 is 11.6 Å². The van der Waals surface area contributed by atoms with E-state index in [-0.39, 0.29) is 0 Å². The third-order valence-corrected chi connectivity index (χ3v) is 1.84. The Morgan fingerprint density at radius 1 is 1.54 bits per heavy atom. The van der Waals surface area contributed by atoms with Gasteiger partial charge in [-0.15, -0.1) is 10.2 Å². The molecule has 0 aliphatic carbocycles. The molecular formula is C6H6ClN5O. The summed E-state index contributed by atoms with van der Waals surface area (Å²) in [6, 6.07) is 0. The van der Waals surface area contributed by atoms with Crippen LogP contribution in [0.4, 0.5) is 0 Å². The van der Waals surface area contributed by atoms with Crippen LogP contribution in [0.5, 0.6) is 0 Å². The van der Waals surface area contributed by atoms with Crippen molar-refractivity contribution in [2.45, 2.75) is 13.0 Å². The zero-order chi connectivity index (χ0) is 9.10. The predicted octanol–water partition coefficient (Wildman–Crippen LogP) is 0.557. The average Bonchev–Trinajstić information content (AvgIpc) is 2.72. The minimum Gasteiger partial charge on any atom is -0.343 e. The normalized spacial score (nSPS) is 10.5. The number of rotatable bonds is 3. The first-order chi connectivity index (χ1) is 6.36. The van der Waals surface area contributed by atoms with Gasteiger partial charge in [0.15, 0.2) is 5.82 Å². The fraction of sp³-hybridized carbons (Fsp3) is 0.333. The maximum absolute atomic E-state index is 5.71. The highest BCUT2D eigenvalue weighted by atomic mass is 35.5. The average molecular weight is 200 g/mol. The summed E-state index contributed by atoms with van der Waals surface area (Å²) in [5.74, 6) is 0.643. The molecule has 2 rings (SSSR count). The van der Waals surface area contributed by atoms with E-state index in [1.165, 1.54) is 6.39 Å². The van der Waals surface area contributed by atoms with Gasteiger partial charge in [-0.1, -0.05) is 5.16 Å². The van der Waals surface area contributed by atoms with Crippen LogP contribution in [0.25, 0.3) is 0 Å². The second-order valence-electron chi connectivity index (χ2n) is 2.39. The fourth-order valence-corrected chi connectivity index (χ4v) is 1.09. The number of halogens is 1.